The van der Waals surface area contributed by atoms with Crippen LogP contribution < -0.4 is 5.32 Å². The molecular formula is C16H28N4O. The van der Waals surface area contributed by atoms with Gasteiger partial charge in [-0.3, -0.25) is 9.80 Å². The highest BCUT2D eigenvalue weighted by atomic mass is 16.3. The molecule has 0 amide bonds. The highest BCUT2D eigenvalue weighted by molar-refractivity contribution is 5.35. The van der Waals surface area contributed by atoms with Crippen LogP contribution >= 0.6 is 0 Å². The van der Waals surface area contributed by atoms with Gasteiger partial charge in [0.25, 0.3) is 0 Å². The molecule has 2 heterocycles. The molecule has 1 saturated heterocycles. The Kier molecular flexibility index (Phi) is 6.92. The fraction of sp³-hybridized carbons (Fsp3) is 0.688. The van der Waals surface area contributed by atoms with Crippen molar-refractivity contribution in [2.75, 3.05) is 51.2 Å². The second-order valence-electron chi connectivity index (χ2n) is 5.64. The maximum Gasteiger partial charge on any atom is 0.126 e. The summed E-state index contributed by atoms with van der Waals surface area (Å²) in [5.74, 6) is 0.978. The fourth-order valence-corrected chi connectivity index (χ4v) is 2.70. The third-order valence-corrected chi connectivity index (χ3v) is 3.85. The van der Waals surface area contributed by atoms with Crippen LogP contribution in [0.3, 0.4) is 0 Å². The minimum Gasteiger partial charge on any atom is -0.395 e. The van der Waals surface area contributed by atoms with E-state index in [0.717, 1.165) is 70.2 Å². The van der Waals surface area contributed by atoms with E-state index in [0.29, 0.717) is 0 Å². The highest BCUT2D eigenvalue weighted by Gasteiger charge is 2.14. The smallest absolute Gasteiger partial charge is 0.126 e. The number of aliphatic hydroxyl groups excluding tert-OH is 1. The summed E-state index contributed by atoms with van der Waals surface area (Å²) >= 11 is 0. The Hall–Kier alpha value is -1.17. The second-order valence-corrected chi connectivity index (χ2v) is 5.64. The van der Waals surface area contributed by atoms with E-state index in [4.69, 9.17) is 5.11 Å². The Balaban J connectivity index is 1.86. The molecule has 0 aliphatic carbocycles. The van der Waals surface area contributed by atoms with E-state index in [9.17, 15) is 0 Å². The van der Waals surface area contributed by atoms with Crippen LogP contribution in [0.4, 0.5) is 5.82 Å². The molecule has 1 aromatic heterocycles. The zero-order chi connectivity index (χ0) is 14.9. The van der Waals surface area contributed by atoms with Crippen LogP contribution in [0.5, 0.6) is 0 Å². The van der Waals surface area contributed by atoms with Gasteiger partial charge in [-0.05, 0) is 38.1 Å². The average Bonchev–Trinajstić information content (AvgIpc) is 2.72. The second kappa shape index (κ2) is 8.97. The first-order valence-corrected chi connectivity index (χ1v) is 8.07. The summed E-state index contributed by atoms with van der Waals surface area (Å²) in [6, 6.07) is 6.22. The normalized spacial score (nSPS) is 17.6. The number of pyridine rings is 1. The van der Waals surface area contributed by atoms with Gasteiger partial charge in [0.05, 0.1) is 12.3 Å². The van der Waals surface area contributed by atoms with Crippen LogP contribution in [0.2, 0.25) is 0 Å². The highest BCUT2D eigenvalue weighted by Crippen LogP contribution is 2.10. The fourth-order valence-electron chi connectivity index (χ4n) is 2.70. The Morgan fingerprint density at radius 2 is 2.00 bits per heavy atom. The van der Waals surface area contributed by atoms with Gasteiger partial charge in [0, 0.05) is 32.7 Å². The summed E-state index contributed by atoms with van der Waals surface area (Å²) in [4.78, 5) is 9.49. The van der Waals surface area contributed by atoms with Gasteiger partial charge in [0.15, 0.2) is 0 Å². The molecule has 0 radical (unpaired) electrons. The lowest BCUT2D eigenvalue weighted by Gasteiger charge is -2.21. The monoisotopic (exact) mass is 292 g/mol. The third-order valence-electron chi connectivity index (χ3n) is 3.85. The Labute approximate surface area is 128 Å². The average molecular weight is 292 g/mol. The van der Waals surface area contributed by atoms with E-state index in [1.165, 1.54) is 0 Å². The number of anilines is 1. The molecule has 0 bridgehead atoms. The van der Waals surface area contributed by atoms with E-state index in [1.807, 2.05) is 6.07 Å². The number of hydrogen-bond donors (Lipinski definition) is 2. The lowest BCUT2D eigenvalue weighted by atomic mass is 10.3. The van der Waals surface area contributed by atoms with Gasteiger partial charge in [0.2, 0.25) is 0 Å². The number of β-amino-alcohol motifs (C(OH)–C–C–N with tert-alkyl or cyclic N) is 1. The van der Waals surface area contributed by atoms with E-state index in [1.54, 1.807) is 0 Å². The van der Waals surface area contributed by atoms with E-state index < -0.39 is 0 Å². The molecule has 118 valence electrons. The lowest BCUT2D eigenvalue weighted by molar-refractivity contribution is 0.195. The Morgan fingerprint density at radius 3 is 2.81 bits per heavy atom. The molecule has 1 aromatic rings. The first kappa shape index (κ1) is 16.2. The first-order valence-electron chi connectivity index (χ1n) is 8.07. The van der Waals surface area contributed by atoms with Crippen LogP contribution in [-0.4, -0.2) is 65.8 Å². The van der Waals surface area contributed by atoms with E-state index in [-0.39, 0.29) is 6.61 Å². The summed E-state index contributed by atoms with van der Waals surface area (Å²) in [6.45, 7) is 9.37. The number of hydrogen-bond acceptors (Lipinski definition) is 5. The van der Waals surface area contributed by atoms with Gasteiger partial charge in [-0.1, -0.05) is 13.0 Å². The molecule has 1 fully saturated rings. The molecule has 21 heavy (non-hydrogen) atoms. The van der Waals surface area contributed by atoms with Crippen molar-refractivity contribution >= 4 is 5.82 Å². The molecule has 0 unspecified atom stereocenters. The molecule has 5 nitrogen and oxygen atoms in total. The third kappa shape index (κ3) is 5.61. The Morgan fingerprint density at radius 1 is 1.19 bits per heavy atom. The maximum atomic E-state index is 9.04. The first-order chi connectivity index (χ1) is 10.3. The van der Waals surface area contributed by atoms with Crippen molar-refractivity contribution in [2.45, 2.75) is 26.3 Å². The zero-order valence-corrected chi connectivity index (χ0v) is 13.1. The SMILES string of the molecule is CCCNc1cccc(CN2CCCN(CCO)CC2)n1. The van der Waals surface area contributed by atoms with Gasteiger partial charge >= 0.3 is 0 Å². The molecule has 2 rings (SSSR count). The quantitative estimate of drug-likeness (QED) is 0.796. The van der Waals surface area contributed by atoms with Crippen molar-refractivity contribution < 1.29 is 5.11 Å². The number of nitrogens with zero attached hydrogens (tertiary/aromatic N) is 3. The lowest BCUT2D eigenvalue weighted by Crippen LogP contribution is -2.32. The molecule has 1 aliphatic rings. The molecule has 0 aromatic carbocycles. The van der Waals surface area contributed by atoms with Gasteiger partial charge in [-0.15, -0.1) is 0 Å². The number of nitrogens with one attached hydrogen (secondary N) is 1. The van der Waals surface area contributed by atoms with Crippen LogP contribution in [0.1, 0.15) is 25.5 Å². The van der Waals surface area contributed by atoms with Crippen LogP contribution in [0.15, 0.2) is 18.2 Å². The molecule has 1 aliphatic heterocycles. The predicted molar refractivity (Wildman–Crippen MR) is 86.4 cm³/mol. The minimum atomic E-state index is 0.257. The van der Waals surface area contributed by atoms with Crippen molar-refractivity contribution in [3.63, 3.8) is 0 Å². The van der Waals surface area contributed by atoms with Crippen LogP contribution in [-0.2, 0) is 6.54 Å². The van der Waals surface area contributed by atoms with Crippen LogP contribution in [0.25, 0.3) is 0 Å². The molecule has 0 atom stereocenters. The number of rotatable bonds is 7. The number of aromatic nitrogens is 1. The minimum absolute atomic E-state index is 0.257. The molecule has 0 saturated carbocycles. The topological polar surface area (TPSA) is 51.6 Å². The van der Waals surface area contributed by atoms with Crippen molar-refractivity contribution in [3.8, 4) is 0 Å². The predicted octanol–water partition coefficient (Wildman–Crippen LogP) is 1.40. The summed E-state index contributed by atoms with van der Waals surface area (Å²) in [7, 11) is 0. The van der Waals surface area contributed by atoms with Crippen molar-refractivity contribution in [3.05, 3.63) is 23.9 Å². The summed E-state index contributed by atoms with van der Waals surface area (Å²) in [5, 5.41) is 12.4. The van der Waals surface area contributed by atoms with Gasteiger partial charge in [-0.25, -0.2) is 4.98 Å². The van der Waals surface area contributed by atoms with Crippen LogP contribution in [0, 0.1) is 0 Å². The largest absolute Gasteiger partial charge is 0.395 e. The van der Waals surface area contributed by atoms with Crippen molar-refractivity contribution in [1.82, 2.24) is 14.8 Å². The summed E-state index contributed by atoms with van der Waals surface area (Å²) in [6.07, 6.45) is 2.27. The molecule has 0 spiro atoms. The van der Waals surface area contributed by atoms with Gasteiger partial charge in [0.1, 0.15) is 5.82 Å². The molecule has 5 heteroatoms. The summed E-state index contributed by atoms with van der Waals surface area (Å²) in [5.41, 5.74) is 1.13. The molecule has 2 N–H and O–H groups in total. The van der Waals surface area contributed by atoms with E-state index >= 15 is 0 Å². The Bertz CT molecular complexity index is 413. The maximum absolute atomic E-state index is 9.04. The van der Waals surface area contributed by atoms with Gasteiger partial charge in [-0.2, -0.15) is 0 Å². The summed E-state index contributed by atoms with van der Waals surface area (Å²) < 4.78 is 0. The zero-order valence-electron chi connectivity index (χ0n) is 13.1. The van der Waals surface area contributed by atoms with Gasteiger partial charge < -0.3 is 10.4 Å². The van der Waals surface area contributed by atoms with Crippen molar-refractivity contribution in [1.29, 1.82) is 0 Å². The number of aliphatic hydroxyl groups is 1. The molecular weight excluding hydrogens is 264 g/mol. The van der Waals surface area contributed by atoms with Crippen molar-refractivity contribution in [2.24, 2.45) is 0 Å². The van der Waals surface area contributed by atoms with E-state index in [2.05, 4.69) is 39.2 Å². The standard InChI is InChI=1S/C16H28N4O/c1-2-7-17-16-6-3-5-15(18-16)14-20-9-4-8-19(10-11-20)12-13-21/h3,5-6,21H,2,4,7-14H2,1H3,(H,17,18).